The fraction of sp³-hybridized carbons (Fsp3) is 0.471. The van der Waals surface area contributed by atoms with Crippen molar-refractivity contribution in [3.63, 3.8) is 0 Å². The van der Waals surface area contributed by atoms with Crippen molar-refractivity contribution in [1.82, 2.24) is 4.90 Å². The van der Waals surface area contributed by atoms with Gasteiger partial charge >= 0.3 is 5.97 Å². The Morgan fingerprint density at radius 3 is 2.40 bits per heavy atom. The Labute approximate surface area is 120 Å². The molecule has 1 aromatic rings. The highest BCUT2D eigenvalue weighted by Gasteiger charge is 2.45. The summed E-state index contributed by atoms with van der Waals surface area (Å²) in [6.07, 6.45) is 3.45. The van der Waals surface area contributed by atoms with Gasteiger partial charge in [-0.25, -0.2) is 4.79 Å². The van der Waals surface area contributed by atoms with Gasteiger partial charge in [0.05, 0.1) is 0 Å². The van der Waals surface area contributed by atoms with E-state index >= 15 is 0 Å². The fourth-order valence-corrected chi connectivity index (χ4v) is 3.26. The molecular formula is C17H21NO2. The molecule has 1 spiro atoms. The van der Waals surface area contributed by atoms with E-state index in [9.17, 15) is 4.79 Å². The summed E-state index contributed by atoms with van der Waals surface area (Å²) in [6.45, 7) is 6.39. The average molecular weight is 271 g/mol. The molecule has 0 atom stereocenters. The third-order valence-electron chi connectivity index (χ3n) is 4.47. The Morgan fingerprint density at radius 1 is 1.15 bits per heavy atom. The van der Waals surface area contributed by atoms with E-state index in [1.54, 1.807) is 6.08 Å². The number of piperidine rings is 1. The lowest BCUT2D eigenvalue weighted by atomic mass is 9.81. The number of esters is 1. The van der Waals surface area contributed by atoms with Gasteiger partial charge in [0.2, 0.25) is 0 Å². The van der Waals surface area contributed by atoms with Crippen LogP contribution in [-0.4, -0.2) is 35.6 Å². The van der Waals surface area contributed by atoms with Crippen LogP contribution in [0.2, 0.25) is 0 Å². The lowest BCUT2D eigenvalue weighted by molar-refractivity contribution is -0.148. The van der Waals surface area contributed by atoms with Gasteiger partial charge < -0.3 is 9.64 Å². The molecule has 0 unspecified atom stereocenters. The maximum Gasteiger partial charge on any atom is 0.332 e. The molecule has 0 amide bonds. The molecule has 0 aromatic heterocycles. The summed E-state index contributed by atoms with van der Waals surface area (Å²) in [5.41, 5.74) is 1.77. The molecular weight excluding hydrogens is 250 g/mol. The summed E-state index contributed by atoms with van der Waals surface area (Å²) >= 11 is 0. The smallest absolute Gasteiger partial charge is 0.332 e. The van der Waals surface area contributed by atoms with E-state index in [-0.39, 0.29) is 5.97 Å². The third kappa shape index (κ3) is 2.27. The number of ether oxygens (including phenoxy) is 1. The van der Waals surface area contributed by atoms with E-state index < -0.39 is 5.60 Å². The van der Waals surface area contributed by atoms with Crippen molar-refractivity contribution in [2.24, 2.45) is 0 Å². The van der Waals surface area contributed by atoms with Crippen molar-refractivity contribution in [1.29, 1.82) is 0 Å². The standard InChI is InChI=1S/C17H21NO2/c1-13(2)18-10-8-17(9-11-18)15(12-16(19)20-17)14-6-4-3-5-7-14/h3-7,12-13H,8-11H2,1-2H3. The van der Waals surface area contributed by atoms with Crippen molar-refractivity contribution in [2.45, 2.75) is 38.3 Å². The molecule has 0 N–H and O–H groups in total. The molecule has 2 aliphatic rings. The van der Waals surface area contributed by atoms with Crippen molar-refractivity contribution < 1.29 is 9.53 Å². The first-order chi connectivity index (χ1) is 9.61. The molecule has 3 nitrogen and oxygen atoms in total. The summed E-state index contributed by atoms with van der Waals surface area (Å²) in [5, 5.41) is 0. The maximum absolute atomic E-state index is 11.8. The largest absolute Gasteiger partial charge is 0.451 e. The second-order valence-corrected chi connectivity index (χ2v) is 5.97. The van der Waals surface area contributed by atoms with Crippen LogP contribution in [0.4, 0.5) is 0 Å². The Hall–Kier alpha value is -1.61. The highest BCUT2D eigenvalue weighted by atomic mass is 16.6. The van der Waals surface area contributed by atoms with Crippen molar-refractivity contribution in [2.75, 3.05) is 13.1 Å². The van der Waals surface area contributed by atoms with Crippen LogP contribution >= 0.6 is 0 Å². The Bertz CT molecular complexity index is 525. The number of hydrogen-bond donors (Lipinski definition) is 0. The third-order valence-corrected chi connectivity index (χ3v) is 4.47. The molecule has 0 bridgehead atoms. The molecule has 20 heavy (non-hydrogen) atoms. The number of carbonyl (C=O) groups excluding carboxylic acids is 1. The first-order valence-corrected chi connectivity index (χ1v) is 7.35. The van der Waals surface area contributed by atoms with Crippen LogP contribution in [0.25, 0.3) is 5.57 Å². The Morgan fingerprint density at radius 2 is 1.80 bits per heavy atom. The SMILES string of the molecule is CC(C)N1CCC2(CC1)OC(=O)C=C2c1ccccc1. The van der Waals surface area contributed by atoms with Crippen LogP contribution in [-0.2, 0) is 9.53 Å². The summed E-state index contributed by atoms with van der Waals surface area (Å²) in [5.74, 6) is -0.193. The molecule has 1 saturated heterocycles. The molecule has 2 heterocycles. The van der Waals surface area contributed by atoms with Crippen LogP contribution in [0.3, 0.4) is 0 Å². The predicted octanol–water partition coefficient (Wildman–Crippen LogP) is 2.87. The molecule has 1 fully saturated rings. The first-order valence-electron chi connectivity index (χ1n) is 7.35. The predicted molar refractivity (Wildman–Crippen MR) is 79.2 cm³/mol. The Kier molecular flexibility index (Phi) is 3.38. The summed E-state index contributed by atoms with van der Waals surface area (Å²) in [7, 11) is 0. The second kappa shape index (κ2) is 5.06. The Balaban J connectivity index is 1.87. The summed E-state index contributed by atoms with van der Waals surface area (Å²) in [4.78, 5) is 14.2. The maximum atomic E-state index is 11.8. The summed E-state index contributed by atoms with van der Waals surface area (Å²) in [6, 6.07) is 10.7. The first kappa shape index (κ1) is 13.4. The van der Waals surface area contributed by atoms with E-state index in [0.29, 0.717) is 6.04 Å². The van der Waals surface area contributed by atoms with Gasteiger partial charge in [-0.2, -0.15) is 0 Å². The fourth-order valence-electron chi connectivity index (χ4n) is 3.26. The van der Waals surface area contributed by atoms with E-state index in [1.807, 2.05) is 18.2 Å². The minimum absolute atomic E-state index is 0.193. The van der Waals surface area contributed by atoms with Gasteiger partial charge in [0, 0.05) is 43.6 Å². The molecule has 0 aliphatic carbocycles. The minimum atomic E-state index is -0.399. The summed E-state index contributed by atoms with van der Waals surface area (Å²) < 4.78 is 5.73. The molecule has 1 aromatic carbocycles. The van der Waals surface area contributed by atoms with Gasteiger partial charge in [-0.15, -0.1) is 0 Å². The number of hydrogen-bond acceptors (Lipinski definition) is 3. The zero-order valence-corrected chi connectivity index (χ0v) is 12.1. The lowest BCUT2D eigenvalue weighted by Crippen LogP contribution is -2.47. The van der Waals surface area contributed by atoms with Crippen LogP contribution in [0.5, 0.6) is 0 Å². The second-order valence-electron chi connectivity index (χ2n) is 5.97. The van der Waals surface area contributed by atoms with Crippen LogP contribution in [0.1, 0.15) is 32.3 Å². The van der Waals surface area contributed by atoms with E-state index in [2.05, 4.69) is 30.9 Å². The number of nitrogens with zero attached hydrogens (tertiary/aromatic N) is 1. The van der Waals surface area contributed by atoms with E-state index in [4.69, 9.17) is 4.74 Å². The average Bonchev–Trinajstić information content (AvgIpc) is 2.77. The van der Waals surface area contributed by atoms with Gasteiger partial charge in [0.1, 0.15) is 5.60 Å². The van der Waals surface area contributed by atoms with E-state index in [1.165, 1.54) is 0 Å². The van der Waals surface area contributed by atoms with Gasteiger partial charge in [-0.3, -0.25) is 0 Å². The molecule has 106 valence electrons. The quantitative estimate of drug-likeness (QED) is 0.775. The monoisotopic (exact) mass is 271 g/mol. The highest BCUT2D eigenvalue weighted by Crippen LogP contribution is 2.43. The molecule has 3 rings (SSSR count). The molecule has 2 aliphatic heterocycles. The zero-order valence-electron chi connectivity index (χ0n) is 12.1. The number of benzene rings is 1. The topological polar surface area (TPSA) is 29.5 Å². The van der Waals surface area contributed by atoms with Gasteiger partial charge in [-0.1, -0.05) is 30.3 Å². The zero-order chi connectivity index (χ0) is 14.2. The number of rotatable bonds is 2. The lowest BCUT2D eigenvalue weighted by Gasteiger charge is -2.41. The van der Waals surface area contributed by atoms with Crippen molar-refractivity contribution in [3.05, 3.63) is 42.0 Å². The van der Waals surface area contributed by atoms with Crippen LogP contribution in [0, 0.1) is 0 Å². The van der Waals surface area contributed by atoms with Gasteiger partial charge in [-0.05, 0) is 19.4 Å². The van der Waals surface area contributed by atoms with E-state index in [0.717, 1.165) is 37.1 Å². The molecule has 0 saturated carbocycles. The van der Waals surface area contributed by atoms with Gasteiger partial charge in [0.25, 0.3) is 0 Å². The van der Waals surface area contributed by atoms with Crippen molar-refractivity contribution in [3.8, 4) is 0 Å². The normalized spacial score (nSPS) is 22.1. The highest BCUT2D eigenvalue weighted by molar-refractivity contribution is 5.98. The van der Waals surface area contributed by atoms with Crippen LogP contribution in [0.15, 0.2) is 36.4 Å². The van der Waals surface area contributed by atoms with Gasteiger partial charge in [0.15, 0.2) is 0 Å². The van der Waals surface area contributed by atoms with Crippen LogP contribution < -0.4 is 0 Å². The molecule has 3 heteroatoms. The van der Waals surface area contributed by atoms with Crippen molar-refractivity contribution >= 4 is 11.5 Å². The number of likely N-dealkylation sites (tertiary alicyclic amines) is 1. The number of carbonyl (C=O) groups is 1. The molecule has 0 radical (unpaired) electrons. The minimum Gasteiger partial charge on any atom is -0.451 e.